The SMILES string of the molecule is Cn1cncc1CN1C[C@@H]2OCC(=O)N3CCN(C(=O)CC(C)(C)C)C[C@H]3COc3ncccc3C(=O)N[C@@H]2C1. The number of imidazole rings is 1. The molecule has 216 valence electrons. The number of pyridine rings is 1. The maximum absolute atomic E-state index is 13.5. The number of fused-ring (bicyclic) bond motifs is 3. The van der Waals surface area contributed by atoms with Gasteiger partial charge < -0.3 is 29.2 Å². The van der Waals surface area contributed by atoms with Crippen LogP contribution in [0.4, 0.5) is 0 Å². The fraction of sp³-hybridized carbons (Fsp3) is 0.607. The van der Waals surface area contributed by atoms with Gasteiger partial charge in [0.25, 0.3) is 5.91 Å². The number of ether oxygens (including phenoxy) is 2. The van der Waals surface area contributed by atoms with E-state index in [4.69, 9.17) is 9.47 Å². The van der Waals surface area contributed by atoms with Crippen molar-refractivity contribution < 1.29 is 23.9 Å². The molecule has 3 aliphatic heterocycles. The van der Waals surface area contributed by atoms with Crippen LogP contribution in [0.3, 0.4) is 0 Å². The normalized spacial score (nSPS) is 24.6. The number of nitrogens with zero attached hydrogens (tertiary/aromatic N) is 6. The van der Waals surface area contributed by atoms with Gasteiger partial charge in [0.15, 0.2) is 0 Å². The minimum atomic E-state index is -0.395. The molecule has 5 rings (SSSR count). The van der Waals surface area contributed by atoms with Crippen LogP contribution in [0, 0.1) is 5.41 Å². The maximum Gasteiger partial charge on any atom is 0.257 e. The molecule has 0 aliphatic carbocycles. The lowest BCUT2D eigenvalue weighted by Gasteiger charge is -2.42. The smallest absolute Gasteiger partial charge is 0.257 e. The van der Waals surface area contributed by atoms with Gasteiger partial charge in [-0.15, -0.1) is 0 Å². The van der Waals surface area contributed by atoms with Crippen LogP contribution in [0.5, 0.6) is 5.88 Å². The number of carbonyl (C=O) groups excluding carboxylic acids is 3. The molecule has 0 radical (unpaired) electrons. The van der Waals surface area contributed by atoms with Crippen molar-refractivity contribution in [1.82, 2.24) is 34.6 Å². The molecule has 2 fully saturated rings. The predicted molar refractivity (Wildman–Crippen MR) is 145 cm³/mol. The molecule has 3 atom stereocenters. The highest BCUT2D eigenvalue weighted by Crippen LogP contribution is 2.24. The molecule has 1 N–H and O–H groups in total. The topological polar surface area (TPSA) is 122 Å². The van der Waals surface area contributed by atoms with Crippen LogP contribution in [-0.4, -0.2) is 111 Å². The summed E-state index contributed by atoms with van der Waals surface area (Å²) in [5.41, 5.74) is 1.22. The maximum atomic E-state index is 13.5. The molecule has 40 heavy (non-hydrogen) atoms. The highest BCUT2D eigenvalue weighted by Gasteiger charge is 2.39. The number of nitrogens with one attached hydrogen (secondary N) is 1. The second-order valence-corrected chi connectivity index (χ2v) is 12.1. The summed E-state index contributed by atoms with van der Waals surface area (Å²) in [5.74, 6) is -0.213. The van der Waals surface area contributed by atoms with Crippen LogP contribution < -0.4 is 10.1 Å². The van der Waals surface area contributed by atoms with Gasteiger partial charge in [0.05, 0.1) is 30.2 Å². The Kier molecular flexibility index (Phi) is 8.09. The Balaban J connectivity index is 1.37. The molecule has 0 aromatic carbocycles. The van der Waals surface area contributed by atoms with Crippen molar-refractivity contribution in [1.29, 1.82) is 0 Å². The number of piperazine rings is 1. The molecule has 2 saturated heterocycles. The van der Waals surface area contributed by atoms with E-state index in [1.807, 2.05) is 38.6 Å². The van der Waals surface area contributed by atoms with E-state index in [9.17, 15) is 14.4 Å². The fourth-order valence-corrected chi connectivity index (χ4v) is 5.53. The monoisotopic (exact) mass is 553 g/mol. The quantitative estimate of drug-likeness (QED) is 0.589. The van der Waals surface area contributed by atoms with E-state index in [0.717, 1.165) is 5.69 Å². The van der Waals surface area contributed by atoms with Crippen molar-refractivity contribution in [3.05, 3.63) is 42.1 Å². The van der Waals surface area contributed by atoms with Gasteiger partial charge in [0, 0.05) is 65.1 Å². The first kappa shape index (κ1) is 28.0. The lowest BCUT2D eigenvalue weighted by atomic mass is 9.91. The summed E-state index contributed by atoms with van der Waals surface area (Å²) in [6, 6.07) is 2.65. The standard InChI is InChI=1S/C28H39N7O5/c1-28(2,3)10-24(36)34-8-9-35-20(13-34)16-40-27-21(6-5-7-30-27)26(38)31-22-14-33(12-19-11-29-18-32(19)4)15-23(22)39-17-25(35)37/h5-7,11,18,20,22-23H,8-10,12-17H2,1-4H3,(H,31,38)/t20-,22+,23-/m0/s1. The molecule has 0 unspecified atom stereocenters. The third-order valence-electron chi connectivity index (χ3n) is 7.65. The molecule has 12 nitrogen and oxygen atoms in total. The van der Waals surface area contributed by atoms with E-state index < -0.39 is 6.04 Å². The summed E-state index contributed by atoms with van der Waals surface area (Å²) in [4.78, 5) is 54.1. The second-order valence-electron chi connectivity index (χ2n) is 12.1. The van der Waals surface area contributed by atoms with Crippen LogP contribution in [0.2, 0.25) is 0 Å². The molecule has 2 aromatic heterocycles. The number of likely N-dealkylation sites (tertiary alicyclic amines) is 1. The third kappa shape index (κ3) is 6.44. The Labute approximate surface area is 234 Å². The van der Waals surface area contributed by atoms with Gasteiger partial charge in [-0.3, -0.25) is 19.3 Å². The minimum absolute atomic E-state index is 0.0546. The number of carbonyl (C=O) groups is 3. The lowest BCUT2D eigenvalue weighted by Crippen LogP contribution is -2.59. The Morgan fingerprint density at radius 1 is 1.18 bits per heavy atom. The Morgan fingerprint density at radius 3 is 2.75 bits per heavy atom. The van der Waals surface area contributed by atoms with Gasteiger partial charge in [0.2, 0.25) is 17.7 Å². The van der Waals surface area contributed by atoms with E-state index in [2.05, 4.69) is 20.2 Å². The second kappa shape index (κ2) is 11.5. The number of hydrogen-bond acceptors (Lipinski definition) is 8. The molecule has 0 bridgehead atoms. The first-order valence-electron chi connectivity index (χ1n) is 13.8. The van der Waals surface area contributed by atoms with Gasteiger partial charge in [-0.05, 0) is 17.5 Å². The van der Waals surface area contributed by atoms with Gasteiger partial charge in [0.1, 0.15) is 18.8 Å². The molecule has 0 saturated carbocycles. The van der Waals surface area contributed by atoms with Crippen molar-refractivity contribution in [2.75, 3.05) is 45.9 Å². The van der Waals surface area contributed by atoms with E-state index in [1.54, 1.807) is 34.5 Å². The lowest BCUT2D eigenvalue weighted by molar-refractivity contribution is -0.149. The average molecular weight is 554 g/mol. The Bertz CT molecular complexity index is 1240. The Morgan fingerprint density at radius 2 is 2.00 bits per heavy atom. The third-order valence-corrected chi connectivity index (χ3v) is 7.65. The molecular weight excluding hydrogens is 514 g/mol. The molecule has 12 heteroatoms. The first-order chi connectivity index (χ1) is 19.1. The van der Waals surface area contributed by atoms with Gasteiger partial charge in [-0.25, -0.2) is 9.97 Å². The highest BCUT2D eigenvalue weighted by molar-refractivity contribution is 5.96. The zero-order chi connectivity index (χ0) is 28.4. The predicted octanol–water partition coefficient (Wildman–Crippen LogP) is 0.683. The van der Waals surface area contributed by atoms with Gasteiger partial charge >= 0.3 is 0 Å². The number of aromatic nitrogens is 3. The molecular formula is C28H39N7O5. The van der Waals surface area contributed by atoms with Gasteiger partial charge in [-0.2, -0.15) is 0 Å². The zero-order valence-corrected chi connectivity index (χ0v) is 23.7. The van der Waals surface area contributed by atoms with Crippen LogP contribution in [-0.2, 0) is 27.9 Å². The fourth-order valence-electron chi connectivity index (χ4n) is 5.53. The van der Waals surface area contributed by atoms with Crippen molar-refractivity contribution in [3.63, 3.8) is 0 Å². The van der Waals surface area contributed by atoms with Crippen molar-refractivity contribution in [2.24, 2.45) is 12.5 Å². The average Bonchev–Trinajstić information content (AvgIpc) is 3.49. The molecule has 3 amide bonds. The summed E-state index contributed by atoms with van der Waals surface area (Å²) in [7, 11) is 1.94. The molecule has 5 heterocycles. The molecule has 2 aromatic rings. The van der Waals surface area contributed by atoms with Crippen molar-refractivity contribution >= 4 is 17.7 Å². The number of amides is 3. The van der Waals surface area contributed by atoms with Crippen LogP contribution in [0.15, 0.2) is 30.9 Å². The van der Waals surface area contributed by atoms with Crippen molar-refractivity contribution in [2.45, 2.75) is 51.9 Å². The van der Waals surface area contributed by atoms with Crippen LogP contribution >= 0.6 is 0 Å². The molecule has 0 spiro atoms. The Hall–Kier alpha value is -3.51. The summed E-state index contributed by atoms with van der Waals surface area (Å²) in [6.07, 6.45) is 5.19. The van der Waals surface area contributed by atoms with Crippen LogP contribution in [0.25, 0.3) is 0 Å². The summed E-state index contributed by atoms with van der Waals surface area (Å²) in [6.45, 7) is 9.03. The summed E-state index contributed by atoms with van der Waals surface area (Å²) >= 11 is 0. The van der Waals surface area contributed by atoms with Gasteiger partial charge in [-0.1, -0.05) is 20.8 Å². The molecule has 3 aliphatic rings. The zero-order valence-electron chi connectivity index (χ0n) is 23.7. The highest BCUT2D eigenvalue weighted by atomic mass is 16.5. The van der Waals surface area contributed by atoms with E-state index in [1.165, 1.54) is 0 Å². The minimum Gasteiger partial charge on any atom is -0.475 e. The largest absolute Gasteiger partial charge is 0.475 e. The van der Waals surface area contributed by atoms with Crippen molar-refractivity contribution in [3.8, 4) is 5.88 Å². The number of hydrogen-bond donors (Lipinski definition) is 1. The summed E-state index contributed by atoms with van der Waals surface area (Å²) in [5, 5.41) is 3.09. The first-order valence-corrected chi connectivity index (χ1v) is 13.8. The van der Waals surface area contributed by atoms with E-state index in [-0.39, 0.29) is 54.4 Å². The number of rotatable bonds is 3. The summed E-state index contributed by atoms with van der Waals surface area (Å²) < 4.78 is 14.2. The van der Waals surface area contributed by atoms with E-state index >= 15 is 0 Å². The number of aryl methyl sites for hydroxylation is 1. The van der Waals surface area contributed by atoms with Crippen LogP contribution in [0.1, 0.15) is 43.2 Å². The van der Waals surface area contributed by atoms with E-state index in [0.29, 0.717) is 51.3 Å².